The molecule has 1 aliphatic rings. The van der Waals surface area contributed by atoms with Gasteiger partial charge in [0, 0.05) is 17.8 Å². The number of anilines is 1. The molecule has 0 atom stereocenters. The van der Waals surface area contributed by atoms with Crippen LogP contribution in [-0.2, 0) is 0 Å². The van der Waals surface area contributed by atoms with Gasteiger partial charge in [-0.25, -0.2) is 0 Å². The number of hydrogen-bond donors (Lipinski definition) is 1. The molecule has 0 unspecified atom stereocenters. The van der Waals surface area contributed by atoms with Gasteiger partial charge in [0.25, 0.3) is 0 Å². The molecule has 0 bridgehead atoms. The minimum atomic E-state index is 0.809. The van der Waals surface area contributed by atoms with Crippen LogP contribution in [-0.4, -0.2) is 6.54 Å². The Morgan fingerprint density at radius 2 is 1.54 bits per heavy atom. The number of fused-ring (bicyclic) bond motifs is 7. The molecule has 26 heavy (non-hydrogen) atoms. The SMILES string of the molecule is C=C1/C=C\C=C/CNc2ccc3ccc4c5ccccc5ccc4c3c21. The van der Waals surface area contributed by atoms with Crippen LogP contribution in [0.2, 0.25) is 0 Å². The van der Waals surface area contributed by atoms with Gasteiger partial charge < -0.3 is 5.32 Å². The fourth-order valence-electron chi connectivity index (χ4n) is 3.97. The van der Waals surface area contributed by atoms with Gasteiger partial charge in [-0.1, -0.05) is 85.5 Å². The molecule has 0 radical (unpaired) electrons. The van der Waals surface area contributed by atoms with E-state index in [2.05, 4.69) is 96.9 Å². The molecule has 1 heterocycles. The Kier molecular flexibility index (Phi) is 3.39. The molecule has 4 aromatic carbocycles. The highest BCUT2D eigenvalue weighted by atomic mass is 14.9. The number of allylic oxidation sites excluding steroid dienone is 4. The van der Waals surface area contributed by atoms with Gasteiger partial charge in [-0.2, -0.15) is 0 Å². The summed E-state index contributed by atoms with van der Waals surface area (Å²) in [5.41, 5.74) is 3.37. The summed E-state index contributed by atoms with van der Waals surface area (Å²) in [5.74, 6) is 0. The topological polar surface area (TPSA) is 12.0 Å². The van der Waals surface area contributed by atoms with Crippen molar-refractivity contribution in [3.8, 4) is 0 Å². The zero-order chi connectivity index (χ0) is 17.5. The van der Waals surface area contributed by atoms with Crippen molar-refractivity contribution in [3.05, 3.63) is 97.1 Å². The van der Waals surface area contributed by atoms with E-state index < -0.39 is 0 Å². The normalized spacial score (nSPS) is 16.5. The van der Waals surface area contributed by atoms with Crippen LogP contribution in [0.3, 0.4) is 0 Å². The highest BCUT2D eigenvalue weighted by Gasteiger charge is 2.13. The standard InChI is InChI=1S/C25H19N/c1-17-7-3-2-6-16-26-23-15-12-19-11-13-21-20-9-5-4-8-18(20)10-14-22(21)25(19)24(17)23/h2-15,26H,1,16H2/b6-2-,7-3-. The monoisotopic (exact) mass is 333 g/mol. The average Bonchev–Trinajstić information content (AvgIpc) is 2.77. The Hall–Kier alpha value is -3.32. The second-order valence-electron chi connectivity index (χ2n) is 6.73. The molecular formula is C25H19N. The second kappa shape index (κ2) is 5.89. The molecular weight excluding hydrogens is 314 g/mol. The molecule has 1 aliphatic heterocycles. The summed E-state index contributed by atoms with van der Waals surface area (Å²) in [5, 5.41) is 11.2. The van der Waals surface area contributed by atoms with Crippen molar-refractivity contribution in [3.63, 3.8) is 0 Å². The third-order valence-electron chi connectivity index (χ3n) is 5.18. The first-order chi connectivity index (χ1) is 12.8. The molecule has 0 saturated heterocycles. The third-order valence-corrected chi connectivity index (χ3v) is 5.18. The molecule has 124 valence electrons. The summed E-state index contributed by atoms with van der Waals surface area (Å²) < 4.78 is 0. The molecule has 0 aromatic heterocycles. The van der Waals surface area contributed by atoms with Crippen LogP contribution in [0.4, 0.5) is 5.69 Å². The second-order valence-corrected chi connectivity index (χ2v) is 6.73. The molecule has 0 saturated carbocycles. The summed E-state index contributed by atoms with van der Waals surface area (Å²) >= 11 is 0. The predicted molar refractivity (Wildman–Crippen MR) is 115 cm³/mol. The summed E-state index contributed by atoms with van der Waals surface area (Å²) in [6.45, 7) is 5.17. The summed E-state index contributed by atoms with van der Waals surface area (Å²) in [4.78, 5) is 0. The lowest BCUT2D eigenvalue weighted by Gasteiger charge is -2.17. The quantitative estimate of drug-likeness (QED) is 0.353. The van der Waals surface area contributed by atoms with Crippen molar-refractivity contribution in [2.24, 2.45) is 0 Å². The van der Waals surface area contributed by atoms with Gasteiger partial charge in [0.05, 0.1) is 0 Å². The van der Waals surface area contributed by atoms with E-state index in [-0.39, 0.29) is 0 Å². The van der Waals surface area contributed by atoms with E-state index in [9.17, 15) is 0 Å². The van der Waals surface area contributed by atoms with Gasteiger partial charge in [-0.05, 0) is 44.0 Å². The van der Waals surface area contributed by atoms with Gasteiger partial charge >= 0.3 is 0 Å². The Morgan fingerprint density at radius 3 is 2.50 bits per heavy atom. The molecule has 0 spiro atoms. The first kappa shape index (κ1) is 15.0. The number of rotatable bonds is 0. The van der Waals surface area contributed by atoms with Gasteiger partial charge in [0.1, 0.15) is 0 Å². The molecule has 0 aliphatic carbocycles. The Morgan fingerprint density at radius 1 is 0.731 bits per heavy atom. The largest absolute Gasteiger partial charge is 0.381 e. The van der Waals surface area contributed by atoms with Crippen LogP contribution in [0, 0.1) is 0 Å². The molecule has 0 fully saturated rings. The lowest BCUT2D eigenvalue weighted by atomic mass is 9.91. The Bertz CT molecular complexity index is 1240. The number of hydrogen-bond acceptors (Lipinski definition) is 1. The first-order valence-corrected chi connectivity index (χ1v) is 8.96. The Labute approximate surface area is 153 Å². The van der Waals surface area contributed by atoms with E-state index in [1.54, 1.807) is 0 Å². The lowest BCUT2D eigenvalue weighted by molar-refractivity contribution is 1.34. The minimum absolute atomic E-state index is 0.809. The minimum Gasteiger partial charge on any atom is -0.381 e. The predicted octanol–water partition coefficient (Wildman–Crippen LogP) is 6.70. The van der Waals surface area contributed by atoms with E-state index in [1.165, 1.54) is 37.9 Å². The van der Waals surface area contributed by atoms with Crippen molar-refractivity contribution < 1.29 is 0 Å². The van der Waals surface area contributed by atoms with Crippen molar-refractivity contribution in [1.29, 1.82) is 0 Å². The van der Waals surface area contributed by atoms with E-state index in [1.807, 2.05) is 0 Å². The summed E-state index contributed by atoms with van der Waals surface area (Å²) in [7, 11) is 0. The van der Waals surface area contributed by atoms with Crippen molar-refractivity contribution in [1.82, 2.24) is 0 Å². The maximum absolute atomic E-state index is 4.36. The smallest absolute Gasteiger partial charge is 0.0428 e. The zero-order valence-electron chi connectivity index (χ0n) is 14.5. The van der Waals surface area contributed by atoms with Crippen LogP contribution in [0.1, 0.15) is 5.56 Å². The molecule has 1 heteroatoms. The zero-order valence-corrected chi connectivity index (χ0v) is 14.5. The molecule has 4 aromatic rings. The molecule has 1 N–H and O–H groups in total. The molecule has 0 amide bonds. The van der Waals surface area contributed by atoms with Gasteiger partial charge in [0.15, 0.2) is 0 Å². The van der Waals surface area contributed by atoms with E-state index in [4.69, 9.17) is 0 Å². The van der Waals surface area contributed by atoms with Crippen molar-refractivity contribution in [2.75, 3.05) is 11.9 Å². The van der Waals surface area contributed by atoms with Gasteiger partial charge in [-0.3, -0.25) is 0 Å². The van der Waals surface area contributed by atoms with E-state index in [0.29, 0.717) is 0 Å². The van der Waals surface area contributed by atoms with Crippen LogP contribution in [0.5, 0.6) is 0 Å². The van der Waals surface area contributed by atoms with Crippen LogP contribution in [0.15, 0.2) is 91.5 Å². The van der Waals surface area contributed by atoms with Gasteiger partial charge in [-0.15, -0.1) is 0 Å². The third kappa shape index (κ3) is 2.25. The average molecular weight is 333 g/mol. The number of nitrogens with one attached hydrogen (secondary N) is 1. The van der Waals surface area contributed by atoms with Crippen LogP contribution < -0.4 is 5.32 Å². The molecule has 5 rings (SSSR count). The van der Waals surface area contributed by atoms with E-state index >= 15 is 0 Å². The van der Waals surface area contributed by atoms with Gasteiger partial charge in [0.2, 0.25) is 0 Å². The fraction of sp³-hybridized carbons (Fsp3) is 0.0400. The van der Waals surface area contributed by atoms with Crippen molar-refractivity contribution >= 4 is 43.6 Å². The van der Waals surface area contributed by atoms with E-state index in [0.717, 1.165) is 17.8 Å². The maximum atomic E-state index is 4.36. The highest BCUT2D eigenvalue weighted by molar-refractivity contribution is 6.21. The Balaban J connectivity index is 1.95. The van der Waals surface area contributed by atoms with Crippen LogP contribution in [0.25, 0.3) is 37.9 Å². The highest BCUT2D eigenvalue weighted by Crippen LogP contribution is 2.39. The van der Waals surface area contributed by atoms with Crippen molar-refractivity contribution in [2.45, 2.75) is 0 Å². The van der Waals surface area contributed by atoms with Crippen LogP contribution >= 0.6 is 0 Å². The first-order valence-electron chi connectivity index (χ1n) is 8.96. The fourth-order valence-corrected chi connectivity index (χ4v) is 3.97. The lowest BCUT2D eigenvalue weighted by Crippen LogP contribution is -2.01. The summed E-state index contributed by atoms with van der Waals surface area (Å²) in [6.07, 6.45) is 8.36. The maximum Gasteiger partial charge on any atom is 0.0428 e. The summed E-state index contributed by atoms with van der Waals surface area (Å²) in [6, 6.07) is 21.9. The molecule has 1 nitrogen and oxygen atoms in total. The number of benzene rings is 4.